The number of halogens is 4. The smallest absolute Gasteiger partial charge is 0.254 e. The highest BCUT2D eigenvalue weighted by Gasteiger charge is 2.47. The van der Waals surface area contributed by atoms with Crippen molar-refractivity contribution in [3.63, 3.8) is 0 Å². The van der Waals surface area contributed by atoms with Crippen molar-refractivity contribution in [2.24, 2.45) is 0 Å². The van der Waals surface area contributed by atoms with Gasteiger partial charge in [0, 0.05) is 27.3 Å². The Morgan fingerprint density at radius 2 is 1.90 bits per heavy atom. The topological polar surface area (TPSA) is 92.3 Å². The minimum atomic E-state index is -1.42. The number of aromatic nitrogens is 2. The van der Waals surface area contributed by atoms with Crippen LogP contribution in [0.3, 0.4) is 0 Å². The van der Waals surface area contributed by atoms with E-state index in [1.165, 1.54) is 35.4 Å². The molecule has 0 atom stereocenters. The number of nitrogen functional groups attached to an aromatic ring is 1. The Morgan fingerprint density at radius 3 is 2.58 bits per heavy atom. The standard InChI is InChI=1S/C21H16F3IN4O2/c22-15-4-3-13(14(18(15)24)7-11-1-2-12(25)8-16(11)23)19(30)29-9-21(31,10-29)17-5-6-27-20(26)28-17/h1-6,8,31H,7,9-10H2,(H2,26,27,28). The maximum atomic E-state index is 14.6. The van der Waals surface area contributed by atoms with Crippen LogP contribution in [-0.2, 0) is 12.0 Å². The van der Waals surface area contributed by atoms with E-state index in [1.807, 2.05) is 22.6 Å². The molecule has 0 bridgehead atoms. The van der Waals surface area contributed by atoms with Crippen LogP contribution in [0.15, 0.2) is 42.6 Å². The van der Waals surface area contributed by atoms with E-state index in [0.717, 1.165) is 6.07 Å². The fraction of sp³-hybridized carbons (Fsp3) is 0.190. The summed E-state index contributed by atoms with van der Waals surface area (Å²) < 4.78 is 43.5. The Bertz CT molecular complexity index is 1190. The van der Waals surface area contributed by atoms with E-state index in [-0.39, 0.29) is 47.8 Å². The monoisotopic (exact) mass is 540 g/mol. The van der Waals surface area contributed by atoms with Crippen LogP contribution in [-0.4, -0.2) is 39.0 Å². The van der Waals surface area contributed by atoms with Gasteiger partial charge in [0.1, 0.15) is 11.4 Å². The first kappa shape index (κ1) is 21.5. The van der Waals surface area contributed by atoms with Gasteiger partial charge in [0.2, 0.25) is 5.95 Å². The van der Waals surface area contributed by atoms with Gasteiger partial charge < -0.3 is 15.7 Å². The lowest BCUT2D eigenvalue weighted by atomic mass is 9.88. The molecule has 3 N–H and O–H groups in total. The molecule has 0 unspecified atom stereocenters. The third-order valence-electron chi connectivity index (χ3n) is 5.15. The van der Waals surface area contributed by atoms with E-state index in [1.54, 1.807) is 6.07 Å². The lowest BCUT2D eigenvalue weighted by molar-refractivity contribution is -0.0892. The predicted octanol–water partition coefficient (Wildman–Crippen LogP) is 3.02. The third-order valence-corrected chi connectivity index (χ3v) is 5.82. The summed E-state index contributed by atoms with van der Waals surface area (Å²) in [5, 5.41) is 10.7. The molecular formula is C21H16F3IN4O2. The van der Waals surface area contributed by atoms with E-state index in [2.05, 4.69) is 9.97 Å². The van der Waals surface area contributed by atoms with Crippen LogP contribution in [0.1, 0.15) is 27.2 Å². The number of β-amino-alcohol motifs (C(OH)–C–C–N with tert-alkyl or cyclic N) is 1. The Morgan fingerprint density at radius 1 is 1.16 bits per heavy atom. The third kappa shape index (κ3) is 4.09. The van der Waals surface area contributed by atoms with Crippen LogP contribution < -0.4 is 5.73 Å². The lowest BCUT2D eigenvalue weighted by Crippen LogP contribution is -2.61. The van der Waals surface area contributed by atoms with Gasteiger partial charge in [-0.1, -0.05) is 6.07 Å². The summed E-state index contributed by atoms with van der Waals surface area (Å²) >= 11 is 1.94. The van der Waals surface area contributed by atoms with E-state index < -0.39 is 29.0 Å². The van der Waals surface area contributed by atoms with Gasteiger partial charge in [0.05, 0.1) is 18.8 Å². The molecule has 1 aliphatic heterocycles. The number of carbonyl (C=O) groups excluding carboxylic acids is 1. The fourth-order valence-electron chi connectivity index (χ4n) is 3.52. The van der Waals surface area contributed by atoms with Gasteiger partial charge in [-0.3, -0.25) is 4.79 Å². The van der Waals surface area contributed by atoms with Gasteiger partial charge in [-0.15, -0.1) is 0 Å². The largest absolute Gasteiger partial charge is 0.380 e. The zero-order valence-electron chi connectivity index (χ0n) is 15.9. The van der Waals surface area contributed by atoms with Crippen molar-refractivity contribution in [1.82, 2.24) is 14.9 Å². The van der Waals surface area contributed by atoms with E-state index in [9.17, 15) is 23.1 Å². The van der Waals surface area contributed by atoms with Crippen LogP contribution in [0.4, 0.5) is 19.1 Å². The number of rotatable bonds is 4. The lowest BCUT2D eigenvalue weighted by Gasteiger charge is -2.46. The summed E-state index contributed by atoms with van der Waals surface area (Å²) in [6.45, 7) is -0.225. The number of hydrogen-bond donors (Lipinski definition) is 2. The summed E-state index contributed by atoms with van der Waals surface area (Å²) in [6.07, 6.45) is 1.09. The van der Waals surface area contributed by atoms with E-state index in [0.29, 0.717) is 3.57 Å². The van der Waals surface area contributed by atoms with Gasteiger partial charge in [0.15, 0.2) is 11.6 Å². The zero-order valence-corrected chi connectivity index (χ0v) is 18.1. The normalized spacial score (nSPS) is 14.9. The van der Waals surface area contributed by atoms with Crippen molar-refractivity contribution in [3.8, 4) is 0 Å². The van der Waals surface area contributed by atoms with Crippen molar-refractivity contribution >= 4 is 34.4 Å². The second-order valence-electron chi connectivity index (χ2n) is 7.29. The molecule has 0 spiro atoms. The highest BCUT2D eigenvalue weighted by molar-refractivity contribution is 14.1. The first-order valence-corrected chi connectivity index (χ1v) is 10.3. The van der Waals surface area contributed by atoms with Gasteiger partial charge in [-0.05, 0) is 58.5 Å². The molecule has 0 aliphatic carbocycles. The molecule has 1 saturated heterocycles. The minimum Gasteiger partial charge on any atom is -0.380 e. The number of nitrogens with two attached hydrogens (primary N) is 1. The van der Waals surface area contributed by atoms with Crippen molar-refractivity contribution in [1.29, 1.82) is 0 Å². The van der Waals surface area contributed by atoms with Gasteiger partial charge in [0.25, 0.3) is 5.91 Å². The van der Waals surface area contributed by atoms with Gasteiger partial charge in [-0.25, -0.2) is 23.1 Å². The van der Waals surface area contributed by atoms with E-state index in [4.69, 9.17) is 5.73 Å². The van der Waals surface area contributed by atoms with Crippen molar-refractivity contribution in [2.45, 2.75) is 12.0 Å². The Kier molecular flexibility index (Phi) is 5.60. The van der Waals surface area contributed by atoms with Crippen LogP contribution in [0.5, 0.6) is 0 Å². The van der Waals surface area contributed by atoms with E-state index >= 15 is 0 Å². The average Bonchev–Trinajstić information content (AvgIpc) is 2.70. The minimum absolute atomic E-state index is 0.0156. The Balaban J connectivity index is 1.61. The molecule has 31 heavy (non-hydrogen) atoms. The highest BCUT2D eigenvalue weighted by atomic mass is 127. The maximum Gasteiger partial charge on any atom is 0.254 e. The molecule has 1 fully saturated rings. The van der Waals surface area contributed by atoms with Crippen molar-refractivity contribution < 1.29 is 23.1 Å². The summed E-state index contributed by atoms with van der Waals surface area (Å²) in [5.41, 5.74) is 4.17. The quantitative estimate of drug-likeness (QED) is 0.497. The number of aliphatic hydroxyl groups is 1. The summed E-state index contributed by atoms with van der Waals surface area (Å²) in [7, 11) is 0. The number of nitrogens with zero attached hydrogens (tertiary/aromatic N) is 3. The predicted molar refractivity (Wildman–Crippen MR) is 115 cm³/mol. The fourth-order valence-corrected chi connectivity index (χ4v) is 3.97. The molecule has 1 amide bonds. The summed E-state index contributed by atoms with van der Waals surface area (Å²) in [6, 6.07) is 7.89. The Labute approximate surface area is 189 Å². The average molecular weight is 540 g/mol. The second-order valence-corrected chi connectivity index (χ2v) is 8.54. The van der Waals surface area contributed by atoms with Crippen LogP contribution in [0, 0.1) is 21.0 Å². The molecule has 2 aromatic carbocycles. The molecule has 10 heteroatoms. The molecule has 2 heterocycles. The number of carbonyl (C=O) groups is 1. The van der Waals surface area contributed by atoms with Crippen molar-refractivity contribution in [3.05, 3.63) is 86.0 Å². The van der Waals surface area contributed by atoms with Crippen molar-refractivity contribution in [2.75, 3.05) is 18.8 Å². The maximum absolute atomic E-state index is 14.6. The second kappa shape index (κ2) is 8.08. The number of amides is 1. The SMILES string of the molecule is Nc1nccc(C2(O)CN(C(=O)c3ccc(F)c(F)c3Cc3ccc(I)cc3F)C2)n1. The number of benzene rings is 2. The van der Waals surface area contributed by atoms with Crippen LogP contribution >= 0.6 is 22.6 Å². The highest BCUT2D eigenvalue weighted by Crippen LogP contribution is 2.33. The molecule has 1 aliphatic rings. The summed E-state index contributed by atoms with van der Waals surface area (Å²) in [4.78, 5) is 22.0. The first-order valence-electron chi connectivity index (χ1n) is 9.19. The molecule has 160 valence electrons. The van der Waals surface area contributed by atoms with Crippen LogP contribution in [0.25, 0.3) is 0 Å². The van der Waals surface area contributed by atoms with Crippen LogP contribution in [0.2, 0.25) is 0 Å². The molecule has 0 radical (unpaired) electrons. The molecule has 4 rings (SSSR count). The Hall–Kier alpha value is -2.73. The number of likely N-dealkylation sites (tertiary alicyclic amines) is 1. The molecule has 0 saturated carbocycles. The number of hydrogen-bond acceptors (Lipinski definition) is 5. The molecular weight excluding hydrogens is 524 g/mol. The first-order chi connectivity index (χ1) is 14.7. The molecule has 1 aromatic heterocycles. The van der Waals surface area contributed by atoms with Gasteiger partial charge >= 0.3 is 0 Å². The molecule has 6 nitrogen and oxygen atoms in total. The zero-order chi connectivity index (χ0) is 22.3. The molecule has 3 aromatic rings. The summed E-state index contributed by atoms with van der Waals surface area (Å²) in [5.74, 6) is -3.53. The number of anilines is 1. The van der Waals surface area contributed by atoms with Gasteiger partial charge in [-0.2, -0.15) is 0 Å².